The molecule has 2 heterocycles. The summed E-state index contributed by atoms with van der Waals surface area (Å²) < 4.78 is 9.71. The van der Waals surface area contributed by atoms with Crippen LogP contribution in [0.15, 0.2) is 47.8 Å². The van der Waals surface area contributed by atoms with E-state index in [1.807, 2.05) is 19.1 Å². The van der Waals surface area contributed by atoms with Crippen molar-refractivity contribution in [1.82, 2.24) is 15.4 Å². The van der Waals surface area contributed by atoms with Gasteiger partial charge in [-0.2, -0.15) is 15.4 Å². The first-order chi connectivity index (χ1) is 12.1. The summed E-state index contributed by atoms with van der Waals surface area (Å²) in [5.74, 6) is -1.31. The third-order valence-corrected chi connectivity index (χ3v) is 3.79. The number of aromatic amines is 1. The topological polar surface area (TPSA) is 97.4 Å². The molecule has 0 amide bonds. The second-order valence-electron chi connectivity index (χ2n) is 5.24. The summed E-state index contributed by atoms with van der Waals surface area (Å²) in [4.78, 5) is 26.2. The van der Waals surface area contributed by atoms with E-state index in [0.717, 1.165) is 5.56 Å². The summed E-state index contributed by atoms with van der Waals surface area (Å²) in [6, 6.07) is 3.68. The summed E-state index contributed by atoms with van der Waals surface area (Å²) in [7, 11) is 2.51. The molecule has 0 atom stereocenters. The number of rotatable bonds is 3. The highest BCUT2D eigenvalue weighted by Crippen LogP contribution is 2.33. The van der Waals surface area contributed by atoms with E-state index in [-0.39, 0.29) is 11.3 Å². The van der Waals surface area contributed by atoms with Crippen LogP contribution in [0.5, 0.6) is 0 Å². The van der Waals surface area contributed by atoms with Gasteiger partial charge >= 0.3 is 11.9 Å². The first-order valence-corrected chi connectivity index (χ1v) is 7.43. The van der Waals surface area contributed by atoms with Crippen molar-refractivity contribution in [2.75, 3.05) is 19.1 Å². The quantitative estimate of drug-likeness (QED) is 0.850. The van der Waals surface area contributed by atoms with Gasteiger partial charge in [0.25, 0.3) is 0 Å². The third kappa shape index (κ3) is 2.78. The van der Waals surface area contributed by atoms with Crippen LogP contribution >= 0.6 is 0 Å². The van der Waals surface area contributed by atoms with E-state index in [1.165, 1.54) is 20.3 Å². The van der Waals surface area contributed by atoms with Gasteiger partial charge in [0.05, 0.1) is 25.5 Å². The van der Waals surface area contributed by atoms with Crippen molar-refractivity contribution in [2.24, 2.45) is 0 Å². The molecule has 1 N–H and O–H groups in total. The van der Waals surface area contributed by atoms with Crippen molar-refractivity contribution < 1.29 is 19.1 Å². The van der Waals surface area contributed by atoms with E-state index in [1.54, 1.807) is 23.3 Å². The number of nitrogens with zero attached hydrogens (tertiary/aromatic N) is 3. The zero-order valence-electron chi connectivity index (χ0n) is 13.9. The molecule has 128 valence electrons. The van der Waals surface area contributed by atoms with Gasteiger partial charge in [0.1, 0.15) is 16.7 Å². The Morgan fingerprint density at radius 3 is 2.56 bits per heavy atom. The maximum Gasteiger partial charge on any atom is 0.355 e. The van der Waals surface area contributed by atoms with Crippen molar-refractivity contribution in [3.05, 3.63) is 53.4 Å². The molecule has 0 saturated carbocycles. The number of carbonyl (C=O) groups excluding carboxylic acids is 2. The average molecular weight is 340 g/mol. The van der Waals surface area contributed by atoms with Crippen LogP contribution in [0.2, 0.25) is 0 Å². The zero-order chi connectivity index (χ0) is 18.0. The highest BCUT2D eigenvalue weighted by atomic mass is 16.5. The monoisotopic (exact) mass is 340 g/mol. The van der Waals surface area contributed by atoms with E-state index in [0.29, 0.717) is 16.7 Å². The summed E-state index contributed by atoms with van der Waals surface area (Å²) >= 11 is 0. The van der Waals surface area contributed by atoms with Crippen molar-refractivity contribution >= 4 is 28.7 Å². The molecule has 0 bridgehead atoms. The van der Waals surface area contributed by atoms with Gasteiger partial charge in [-0.1, -0.05) is 12.1 Å². The fourth-order valence-electron chi connectivity index (χ4n) is 2.64. The van der Waals surface area contributed by atoms with Crippen LogP contribution in [-0.2, 0) is 19.1 Å². The van der Waals surface area contributed by atoms with Crippen LogP contribution < -0.4 is 4.90 Å². The van der Waals surface area contributed by atoms with Gasteiger partial charge in [-0.25, -0.2) is 9.59 Å². The number of esters is 2. The number of allylic oxidation sites excluding steroid dienone is 2. The summed E-state index contributed by atoms with van der Waals surface area (Å²) in [5, 5.41) is 10.8. The van der Waals surface area contributed by atoms with Gasteiger partial charge in [0.2, 0.25) is 0 Å². The number of benzene rings is 1. The van der Waals surface area contributed by atoms with E-state index in [9.17, 15) is 9.59 Å². The van der Waals surface area contributed by atoms with Gasteiger partial charge in [0.15, 0.2) is 0 Å². The largest absolute Gasteiger partial charge is 0.465 e. The van der Waals surface area contributed by atoms with Gasteiger partial charge in [-0.05, 0) is 30.7 Å². The number of aryl methyl sites for hydroxylation is 1. The second kappa shape index (κ2) is 6.60. The Kier molecular flexibility index (Phi) is 4.34. The zero-order valence-corrected chi connectivity index (χ0v) is 13.9. The number of carbonyl (C=O) groups is 2. The van der Waals surface area contributed by atoms with Crippen LogP contribution in [0, 0.1) is 6.92 Å². The molecule has 1 aromatic heterocycles. The molecule has 0 fully saturated rings. The number of fused-ring (bicyclic) bond motifs is 1. The molecular weight excluding hydrogens is 324 g/mol. The second-order valence-corrected chi connectivity index (χ2v) is 5.24. The van der Waals surface area contributed by atoms with Crippen LogP contribution in [0.25, 0.3) is 11.0 Å². The molecular formula is C17H16N4O4. The van der Waals surface area contributed by atoms with Crippen LogP contribution in [0.3, 0.4) is 0 Å². The number of hydrogen-bond donors (Lipinski definition) is 1. The highest BCUT2D eigenvalue weighted by molar-refractivity contribution is 6.07. The van der Waals surface area contributed by atoms with Crippen molar-refractivity contribution in [3.63, 3.8) is 0 Å². The molecule has 1 aliphatic heterocycles. The molecule has 0 radical (unpaired) electrons. The lowest BCUT2D eigenvalue weighted by molar-refractivity contribution is -0.139. The predicted molar refractivity (Wildman–Crippen MR) is 90.4 cm³/mol. The number of ether oxygens (including phenoxy) is 2. The van der Waals surface area contributed by atoms with E-state index in [2.05, 4.69) is 15.4 Å². The number of aromatic nitrogens is 3. The molecule has 0 unspecified atom stereocenters. The highest BCUT2D eigenvalue weighted by Gasteiger charge is 2.29. The predicted octanol–water partition coefficient (Wildman–Crippen LogP) is 1.76. The Morgan fingerprint density at radius 2 is 1.84 bits per heavy atom. The van der Waals surface area contributed by atoms with Gasteiger partial charge in [-0.3, -0.25) is 0 Å². The Bertz CT molecular complexity index is 939. The molecule has 3 rings (SSSR count). The van der Waals surface area contributed by atoms with Crippen molar-refractivity contribution in [3.8, 4) is 0 Å². The number of nitrogens with one attached hydrogen (secondary N) is 1. The van der Waals surface area contributed by atoms with Crippen molar-refractivity contribution in [2.45, 2.75) is 6.92 Å². The molecule has 1 aliphatic rings. The Balaban J connectivity index is 2.31. The van der Waals surface area contributed by atoms with Crippen molar-refractivity contribution in [1.29, 1.82) is 0 Å². The summed E-state index contributed by atoms with van der Waals surface area (Å²) in [5.41, 5.74) is 2.79. The van der Waals surface area contributed by atoms with Crippen LogP contribution in [-0.4, -0.2) is 41.6 Å². The minimum absolute atomic E-state index is 0.0398. The maximum absolute atomic E-state index is 12.5. The first kappa shape index (κ1) is 16.4. The average Bonchev–Trinajstić information content (AvgIpc) is 2.99. The first-order valence-electron chi connectivity index (χ1n) is 7.43. The van der Waals surface area contributed by atoms with E-state index in [4.69, 9.17) is 9.47 Å². The summed E-state index contributed by atoms with van der Waals surface area (Å²) in [6.45, 7) is 1.88. The number of anilines is 1. The smallest absolute Gasteiger partial charge is 0.355 e. The molecule has 1 aromatic carbocycles. The molecule has 0 saturated heterocycles. The molecule has 0 spiro atoms. The van der Waals surface area contributed by atoms with Gasteiger partial charge < -0.3 is 14.4 Å². The SMILES string of the molecule is COC(=O)C1=C(C(=O)OC)N(c2c(C)ccc3n[nH]nc23)C=CC=C1. The number of methoxy groups -OCH3 is 2. The van der Waals surface area contributed by atoms with E-state index >= 15 is 0 Å². The number of H-pyrrole nitrogens is 1. The van der Waals surface area contributed by atoms with Gasteiger partial charge in [-0.15, -0.1) is 0 Å². The molecule has 2 aromatic rings. The maximum atomic E-state index is 12.5. The number of hydrogen-bond acceptors (Lipinski definition) is 7. The van der Waals surface area contributed by atoms with Gasteiger partial charge in [0, 0.05) is 6.20 Å². The standard InChI is InChI=1S/C17H16N4O4/c1-10-7-8-12-13(19-20-18-12)14(10)21-9-5-4-6-11(16(22)24-2)15(21)17(23)25-3/h4-9H,1-3H3,(H,18,19,20). The van der Waals surface area contributed by atoms with Crippen LogP contribution in [0.4, 0.5) is 5.69 Å². The Morgan fingerprint density at radius 1 is 1.08 bits per heavy atom. The lowest BCUT2D eigenvalue weighted by Gasteiger charge is -2.24. The minimum Gasteiger partial charge on any atom is -0.465 e. The lowest BCUT2D eigenvalue weighted by Crippen LogP contribution is -2.27. The lowest BCUT2D eigenvalue weighted by atomic mass is 10.1. The fourth-order valence-corrected chi connectivity index (χ4v) is 2.64. The third-order valence-electron chi connectivity index (χ3n) is 3.79. The molecule has 8 heteroatoms. The molecule has 25 heavy (non-hydrogen) atoms. The Hall–Kier alpha value is -3.42. The minimum atomic E-state index is -0.670. The van der Waals surface area contributed by atoms with E-state index < -0.39 is 11.9 Å². The molecule has 8 nitrogen and oxygen atoms in total. The Labute approximate surface area is 143 Å². The fraction of sp³-hybridized carbons (Fsp3) is 0.176. The summed E-state index contributed by atoms with van der Waals surface area (Å²) in [6.07, 6.45) is 6.52. The molecule has 0 aliphatic carbocycles. The normalized spacial score (nSPS) is 14.0. The van der Waals surface area contributed by atoms with Crippen LogP contribution in [0.1, 0.15) is 5.56 Å².